The fraction of sp³-hybridized carbons (Fsp3) is 0.538. The predicted octanol–water partition coefficient (Wildman–Crippen LogP) is 2.88. The molecule has 0 aromatic heterocycles. The van der Waals surface area contributed by atoms with Crippen molar-refractivity contribution in [2.75, 3.05) is 32.8 Å². The highest BCUT2D eigenvalue weighted by atomic mass is 79.9. The molecule has 0 saturated carbocycles. The minimum Gasteiger partial charge on any atom is -0.379 e. The van der Waals surface area contributed by atoms with Gasteiger partial charge in [-0.25, -0.2) is 0 Å². The normalized spacial score (nSPS) is 19.6. The maximum absolute atomic E-state index is 5.36. The van der Waals surface area contributed by atoms with Crippen molar-refractivity contribution in [1.82, 2.24) is 4.90 Å². The highest BCUT2D eigenvalue weighted by Crippen LogP contribution is 2.20. The van der Waals surface area contributed by atoms with Gasteiger partial charge >= 0.3 is 0 Å². The number of nitrogens with zero attached hydrogens (tertiary/aromatic N) is 1. The summed E-state index contributed by atoms with van der Waals surface area (Å²) in [6.45, 7) is 7.31. The first-order valence-corrected chi connectivity index (χ1v) is 6.60. The van der Waals surface area contributed by atoms with Gasteiger partial charge in [0, 0.05) is 24.1 Å². The van der Waals surface area contributed by atoms with E-state index in [1.807, 2.05) is 0 Å². The van der Waals surface area contributed by atoms with E-state index in [4.69, 9.17) is 4.74 Å². The molecule has 0 radical (unpaired) electrons. The highest BCUT2D eigenvalue weighted by Gasteiger charge is 2.14. The Morgan fingerprint density at radius 1 is 1.38 bits per heavy atom. The van der Waals surface area contributed by atoms with Crippen LogP contribution in [0.15, 0.2) is 28.7 Å². The molecular formula is C13H18BrNO. The van der Waals surface area contributed by atoms with Gasteiger partial charge < -0.3 is 4.74 Å². The summed E-state index contributed by atoms with van der Waals surface area (Å²) in [4.78, 5) is 2.48. The number of morpholine rings is 1. The molecule has 1 aliphatic heterocycles. The minimum absolute atomic E-state index is 0.579. The Labute approximate surface area is 106 Å². The van der Waals surface area contributed by atoms with Crippen molar-refractivity contribution in [2.24, 2.45) is 0 Å². The fourth-order valence-electron chi connectivity index (χ4n) is 2.09. The van der Waals surface area contributed by atoms with Gasteiger partial charge in [-0.2, -0.15) is 0 Å². The molecule has 1 atom stereocenters. The molecule has 88 valence electrons. The van der Waals surface area contributed by atoms with Crippen LogP contribution in [0.4, 0.5) is 0 Å². The number of hydrogen-bond acceptors (Lipinski definition) is 2. The van der Waals surface area contributed by atoms with Gasteiger partial charge in [0.25, 0.3) is 0 Å². The second-order valence-electron chi connectivity index (χ2n) is 4.37. The minimum atomic E-state index is 0.579. The van der Waals surface area contributed by atoms with Gasteiger partial charge in [-0.3, -0.25) is 4.90 Å². The Hall–Kier alpha value is -0.380. The molecular weight excluding hydrogens is 266 g/mol. The third kappa shape index (κ3) is 3.30. The molecule has 1 unspecified atom stereocenters. The summed E-state index contributed by atoms with van der Waals surface area (Å²) >= 11 is 3.52. The van der Waals surface area contributed by atoms with Gasteiger partial charge in [0.05, 0.1) is 13.2 Å². The molecule has 0 bridgehead atoms. The third-order valence-corrected chi connectivity index (χ3v) is 3.55. The molecule has 1 aromatic carbocycles. The summed E-state index contributed by atoms with van der Waals surface area (Å²) in [6, 6.07) is 8.60. The van der Waals surface area contributed by atoms with E-state index in [1.54, 1.807) is 0 Å². The summed E-state index contributed by atoms with van der Waals surface area (Å²) in [5.41, 5.74) is 1.40. The van der Waals surface area contributed by atoms with E-state index in [0.29, 0.717) is 5.92 Å². The first kappa shape index (κ1) is 12.1. The maximum atomic E-state index is 5.36. The van der Waals surface area contributed by atoms with Crippen molar-refractivity contribution < 1.29 is 4.74 Å². The molecule has 0 spiro atoms. The van der Waals surface area contributed by atoms with E-state index >= 15 is 0 Å². The van der Waals surface area contributed by atoms with Gasteiger partial charge in [0.1, 0.15) is 0 Å². The van der Waals surface area contributed by atoms with Crippen molar-refractivity contribution in [3.8, 4) is 0 Å². The Morgan fingerprint density at radius 3 is 2.81 bits per heavy atom. The number of hydrogen-bond donors (Lipinski definition) is 0. The van der Waals surface area contributed by atoms with Crippen molar-refractivity contribution in [2.45, 2.75) is 12.8 Å². The van der Waals surface area contributed by atoms with Crippen LogP contribution in [0.3, 0.4) is 0 Å². The first-order chi connectivity index (χ1) is 7.75. The topological polar surface area (TPSA) is 12.5 Å². The summed E-state index contributed by atoms with van der Waals surface area (Å²) in [6.07, 6.45) is 0. The molecule has 0 aliphatic carbocycles. The highest BCUT2D eigenvalue weighted by molar-refractivity contribution is 9.10. The Morgan fingerprint density at radius 2 is 2.12 bits per heavy atom. The average Bonchev–Trinajstić information content (AvgIpc) is 2.30. The second kappa shape index (κ2) is 5.80. The van der Waals surface area contributed by atoms with Crippen molar-refractivity contribution >= 4 is 15.9 Å². The molecule has 0 N–H and O–H groups in total. The van der Waals surface area contributed by atoms with Crippen LogP contribution in [-0.4, -0.2) is 37.7 Å². The van der Waals surface area contributed by atoms with Crippen molar-refractivity contribution in [1.29, 1.82) is 0 Å². The smallest absolute Gasteiger partial charge is 0.0594 e. The van der Waals surface area contributed by atoms with Crippen LogP contribution < -0.4 is 0 Å². The maximum Gasteiger partial charge on any atom is 0.0594 e. The van der Waals surface area contributed by atoms with Crippen LogP contribution in [0.25, 0.3) is 0 Å². The SMILES string of the molecule is CC(CN1CCOCC1)c1cccc(Br)c1. The van der Waals surface area contributed by atoms with Gasteiger partial charge in [-0.05, 0) is 23.6 Å². The van der Waals surface area contributed by atoms with E-state index in [9.17, 15) is 0 Å². The monoisotopic (exact) mass is 283 g/mol. The van der Waals surface area contributed by atoms with Crippen LogP contribution in [0.2, 0.25) is 0 Å². The van der Waals surface area contributed by atoms with Crippen LogP contribution in [0.5, 0.6) is 0 Å². The molecule has 1 fully saturated rings. The van der Waals surface area contributed by atoms with E-state index < -0.39 is 0 Å². The summed E-state index contributed by atoms with van der Waals surface area (Å²) in [5.74, 6) is 0.579. The molecule has 2 rings (SSSR count). The first-order valence-electron chi connectivity index (χ1n) is 5.81. The largest absolute Gasteiger partial charge is 0.379 e. The zero-order valence-electron chi connectivity index (χ0n) is 9.66. The standard InChI is InChI=1S/C13H18BrNO/c1-11(10-15-5-7-16-8-6-15)12-3-2-4-13(14)9-12/h2-4,9,11H,5-8,10H2,1H3. The third-order valence-electron chi connectivity index (χ3n) is 3.05. The lowest BCUT2D eigenvalue weighted by Gasteiger charge is -2.29. The fourth-order valence-corrected chi connectivity index (χ4v) is 2.51. The lowest BCUT2D eigenvalue weighted by molar-refractivity contribution is 0.0357. The lowest BCUT2D eigenvalue weighted by atomic mass is 10.0. The molecule has 1 saturated heterocycles. The number of halogens is 1. The lowest BCUT2D eigenvalue weighted by Crippen LogP contribution is -2.38. The van der Waals surface area contributed by atoms with Crippen LogP contribution in [0.1, 0.15) is 18.4 Å². The Balaban J connectivity index is 1.94. The number of benzene rings is 1. The molecule has 1 aliphatic rings. The Kier molecular flexibility index (Phi) is 4.38. The summed E-state index contributed by atoms with van der Waals surface area (Å²) < 4.78 is 6.52. The predicted molar refractivity (Wildman–Crippen MR) is 69.8 cm³/mol. The van der Waals surface area contributed by atoms with Gasteiger partial charge in [0.15, 0.2) is 0 Å². The summed E-state index contributed by atoms with van der Waals surface area (Å²) in [7, 11) is 0. The summed E-state index contributed by atoms with van der Waals surface area (Å²) in [5, 5.41) is 0. The van der Waals surface area contributed by atoms with Crippen LogP contribution in [0, 0.1) is 0 Å². The van der Waals surface area contributed by atoms with E-state index in [2.05, 4.69) is 52.0 Å². The molecule has 16 heavy (non-hydrogen) atoms. The molecule has 1 aromatic rings. The average molecular weight is 284 g/mol. The van der Waals surface area contributed by atoms with Gasteiger partial charge in [-0.1, -0.05) is 35.0 Å². The quantitative estimate of drug-likeness (QED) is 0.846. The van der Waals surface area contributed by atoms with Crippen molar-refractivity contribution in [3.05, 3.63) is 34.3 Å². The van der Waals surface area contributed by atoms with Crippen molar-refractivity contribution in [3.63, 3.8) is 0 Å². The second-order valence-corrected chi connectivity index (χ2v) is 5.28. The van der Waals surface area contributed by atoms with Gasteiger partial charge in [-0.15, -0.1) is 0 Å². The zero-order valence-corrected chi connectivity index (χ0v) is 11.2. The molecule has 1 heterocycles. The van der Waals surface area contributed by atoms with Gasteiger partial charge in [0.2, 0.25) is 0 Å². The number of ether oxygens (including phenoxy) is 1. The van der Waals surface area contributed by atoms with E-state index in [0.717, 1.165) is 32.8 Å². The van der Waals surface area contributed by atoms with E-state index in [-0.39, 0.29) is 0 Å². The van der Waals surface area contributed by atoms with E-state index in [1.165, 1.54) is 10.0 Å². The van der Waals surface area contributed by atoms with Crippen LogP contribution >= 0.6 is 15.9 Å². The molecule has 2 nitrogen and oxygen atoms in total. The zero-order chi connectivity index (χ0) is 11.4. The number of rotatable bonds is 3. The molecule has 3 heteroatoms. The molecule has 0 amide bonds. The van der Waals surface area contributed by atoms with Crippen LogP contribution in [-0.2, 0) is 4.74 Å². The Bertz CT molecular complexity index is 336.